The van der Waals surface area contributed by atoms with Crippen LogP contribution in [0.1, 0.15) is 12.0 Å². The van der Waals surface area contributed by atoms with E-state index in [-0.39, 0.29) is 11.4 Å². The normalized spacial score (nSPS) is 13.5. The lowest BCUT2D eigenvalue weighted by molar-refractivity contribution is -0.137. The van der Waals surface area contributed by atoms with E-state index in [0.29, 0.717) is 35.7 Å². The second-order valence-corrected chi connectivity index (χ2v) is 7.90. The number of para-hydroxylation sites is 1. The number of ether oxygens (including phenoxy) is 2. The van der Waals surface area contributed by atoms with Gasteiger partial charge in [0.1, 0.15) is 0 Å². The van der Waals surface area contributed by atoms with Gasteiger partial charge in [0.25, 0.3) is 0 Å². The first-order chi connectivity index (χ1) is 15.3. The standard InChI is InChI=1S/C21H19F3N4O3S/c1-28-19(13-7-8-16-17(11-13)31-10-4-9-30-16)26-27-20(28)32-12-18(29)25-15-6-3-2-5-14(15)21(22,23)24/h2-3,5-8,11H,4,9-10,12H2,1H3,(H,25,29). The van der Waals surface area contributed by atoms with Gasteiger partial charge in [-0.2, -0.15) is 13.2 Å². The number of halogens is 3. The minimum atomic E-state index is -4.56. The van der Waals surface area contributed by atoms with Crippen molar-refractivity contribution in [1.29, 1.82) is 0 Å². The maximum atomic E-state index is 13.1. The minimum absolute atomic E-state index is 0.126. The molecule has 168 valence electrons. The second-order valence-electron chi connectivity index (χ2n) is 6.96. The van der Waals surface area contributed by atoms with Crippen LogP contribution in [0.5, 0.6) is 11.5 Å². The molecule has 0 aliphatic carbocycles. The average molecular weight is 464 g/mol. The van der Waals surface area contributed by atoms with Gasteiger partial charge in [-0.05, 0) is 30.3 Å². The Labute approximate surface area is 185 Å². The van der Waals surface area contributed by atoms with Crippen molar-refractivity contribution in [1.82, 2.24) is 14.8 Å². The Morgan fingerprint density at radius 2 is 1.88 bits per heavy atom. The van der Waals surface area contributed by atoms with E-state index in [9.17, 15) is 18.0 Å². The molecule has 2 heterocycles. The summed E-state index contributed by atoms with van der Waals surface area (Å²) >= 11 is 1.08. The Morgan fingerprint density at radius 3 is 2.66 bits per heavy atom. The van der Waals surface area contributed by atoms with Crippen LogP contribution in [0.4, 0.5) is 18.9 Å². The molecule has 4 rings (SSSR count). The molecular formula is C21H19F3N4O3S. The molecule has 1 N–H and O–H groups in total. The minimum Gasteiger partial charge on any atom is -0.490 e. The number of benzene rings is 2. The number of rotatable bonds is 5. The number of hydrogen-bond acceptors (Lipinski definition) is 6. The molecule has 0 saturated heterocycles. The zero-order chi connectivity index (χ0) is 22.7. The van der Waals surface area contributed by atoms with E-state index in [4.69, 9.17) is 9.47 Å². The topological polar surface area (TPSA) is 78.3 Å². The number of amides is 1. The Morgan fingerprint density at radius 1 is 1.12 bits per heavy atom. The van der Waals surface area contributed by atoms with Gasteiger partial charge in [-0.1, -0.05) is 23.9 Å². The molecule has 0 atom stereocenters. The maximum Gasteiger partial charge on any atom is 0.418 e. The molecule has 0 spiro atoms. The van der Waals surface area contributed by atoms with E-state index < -0.39 is 17.6 Å². The molecule has 1 amide bonds. The van der Waals surface area contributed by atoms with E-state index >= 15 is 0 Å². The second kappa shape index (κ2) is 9.11. The fraction of sp³-hybridized carbons (Fsp3) is 0.286. The number of hydrogen-bond donors (Lipinski definition) is 1. The summed E-state index contributed by atoms with van der Waals surface area (Å²) in [7, 11) is 1.75. The quantitative estimate of drug-likeness (QED) is 0.565. The van der Waals surface area contributed by atoms with Crippen LogP contribution in [-0.4, -0.2) is 39.6 Å². The highest BCUT2D eigenvalue weighted by Crippen LogP contribution is 2.35. The van der Waals surface area contributed by atoms with Crippen LogP contribution >= 0.6 is 11.8 Å². The Kier molecular flexibility index (Phi) is 6.26. The number of thioether (sulfide) groups is 1. The third-order valence-electron chi connectivity index (χ3n) is 4.68. The molecule has 2 aromatic carbocycles. The number of alkyl halides is 3. The van der Waals surface area contributed by atoms with Crippen molar-refractivity contribution in [3.05, 3.63) is 48.0 Å². The Balaban J connectivity index is 1.44. The van der Waals surface area contributed by atoms with Gasteiger partial charge in [-0.15, -0.1) is 10.2 Å². The average Bonchev–Trinajstić information content (AvgIpc) is 2.96. The van der Waals surface area contributed by atoms with Crippen LogP contribution in [0.25, 0.3) is 11.4 Å². The first-order valence-electron chi connectivity index (χ1n) is 9.71. The van der Waals surface area contributed by atoms with E-state index in [1.807, 2.05) is 18.2 Å². The summed E-state index contributed by atoms with van der Waals surface area (Å²) in [5.74, 6) is 1.15. The Bertz CT molecular complexity index is 1130. The van der Waals surface area contributed by atoms with Gasteiger partial charge in [0.2, 0.25) is 5.91 Å². The van der Waals surface area contributed by atoms with Crippen molar-refractivity contribution in [3.8, 4) is 22.9 Å². The third-order valence-corrected chi connectivity index (χ3v) is 5.70. The molecule has 7 nitrogen and oxygen atoms in total. The van der Waals surface area contributed by atoms with Gasteiger partial charge in [0.05, 0.1) is 30.2 Å². The van der Waals surface area contributed by atoms with Crippen LogP contribution in [0, 0.1) is 0 Å². The summed E-state index contributed by atoms with van der Waals surface area (Å²) in [4.78, 5) is 12.3. The molecule has 0 saturated carbocycles. The predicted octanol–water partition coefficient (Wildman–Crippen LogP) is 4.39. The lowest BCUT2D eigenvalue weighted by atomic mass is 10.1. The van der Waals surface area contributed by atoms with E-state index in [1.165, 1.54) is 18.2 Å². The van der Waals surface area contributed by atoms with E-state index in [1.54, 1.807) is 11.6 Å². The molecule has 0 bridgehead atoms. The Hall–Kier alpha value is -3.21. The fourth-order valence-corrected chi connectivity index (χ4v) is 3.86. The van der Waals surface area contributed by atoms with Crippen molar-refractivity contribution < 1.29 is 27.4 Å². The number of aromatic nitrogens is 3. The zero-order valence-corrected chi connectivity index (χ0v) is 17.8. The molecular weight excluding hydrogens is 445 g/mol. The first-order valence-corrected chi connectivity index (χ1v) is 10.7. The first kappa shape index (κ1) is 22.0. The monoisotopic (exact) mass is 464 g/mol. The lowest BCUT2D eigenvalue weighted by Crippen LogP contribution is -2.18. The summed E-state index contributed by atoms with van der Waals surface area (Å²) in [6, 6.07) is 10.3. The molecule has 0 radical (unpaired) electrons. The largest absolute Gasteiger partial charge is 0.490 e. The third kappa shape index (κ3) is 4.82. The van der Waals surface area contributed by atoms with E-state index in [2.05, 4.69) is 15.5 Å². The fourth-order valence-electron chi connectivity index (χ4n) is 3.15. The maximum absolute atomic E-state index is 13.1. The number of nitrogens with one attached hydrogen (secondary N) is 1. The molecule has 1 aliphatic heterocycles. The highest BCUT2D eigenvalue weighted by atomic mass is 32.2. The molecule has 1 aromatic heterocycles. The van der Waals surface area contributed by atoms with Crippen LogP contribution in [0.3, 0.4) is 0 Å². The number of carbonyl (C=O) groups is 1. The SMILES string of the molecule is Cn1c(SCC(=O)Nc2ccccc2C(F)(F)F)nnc1-c1ccc2c(c1)OCCCO2. The molecule has 11 heteroatoms. The summed E-state index contributed by atoms with van der Waals surface area (Å²) in [6.07, 6.45) is -3.76. The smallest absolute Gasteiger partial charge is 0.418 e. The lowest BCUT2D eigenvalue weighted by Gasteiger charge is -2.13. The van der Waals surface area contributed by atoms with Crippen LogP contribution in [0.2, 0.25) is 0 Å². The predicted molar refractivity (Wildman–Crippen MR) is 113 cm³/mol. The van der Waals surface area contributed by atoms with E-state index in [0.717, 1.165) is 29.8 Å². The van der Waals surface area contributed by atoms with Crippen LogP contribution in [0.15, 0.2) is 47.6 Å². The van der Waals surface area contributed by atoms with Crippen LogP contribution < -0.4 is 14.8 Å². The zero-order valence-electron chi connectivity index (χ0n) is 17.0. The summed E-state index contributed by atoms with van der Waals surface area (Å²) in [6.45, 7) is 1.15. The van der Waals surface area contributed by atoms with Crippen molar-refractivity contribution in [3.63, 3.8) is 0 Å². The van der Waals surface area contributed by atoms with Crippen molar-refractivity contribution in [2.24, 2.45) is 7.05 Å². The number of fused-ring (bicyclic) bond motifs is 1. The molecule has 1 aliphatic rings. The van der Waals surface area contributed by atoms with Crippen molar-refractivity contribution in [2.45, 2.75) is 17.8 Å². The van der Waals surface area contributed by atoms with Gasteiger partial charge in [-0.25, -0.2) is 0 Å². The summed E-state index contributed by atoms with van der Waals surface area (Å²) in [5, 5.41) is 11.1. The number of nitrogens with zero attached hydrogens (tertiary/aromatic N) is 3. The van der Waals surface area contributed by atoms with Crippen molar-refractivity contribution >= 4 is 23.4 Å². The van der Waals surface area contributed by atoms with Gasteiger partial charge in [0.15, 0.2) is 22.5 Å². The van der Waals surface area contributed by atoms with Gasteiger partial charge in [-0.3, -0.25) is 4.79 Å². The van der Waals surface area contributed by atoms with Crippen LogP contribution in [-0.2, 0) is 18.0 Å². The summed E-state index contributed by atoms with van der Waals surface area (Å²) < 4.78 is 52.3. The number of anilines is 1. The molecule has 3 aromatic rings. The molecule has 0 unspecified atom stereocenters. The highest BCUT2D eigenvalue weighted by Gasteiger charge is 2.33. The molecule has 0 fully saturated rings. The van der Waals surface area contributed by atoms with Gasteiger partial charge in [0, 0.05) is 19.0 Å². The summed E-state index contributed by atoms with van der Waals surface area (Å²) in [5.41, 5.74) is -0.412. The number of carbonyl (C=O) groups excluding carboxylic acids is 1. The highest BCUT2D eigenvalue weighted by molar-refractivity contribution is 7.99. The van der Waals surface area contributed by atoms with Gasteiger partial charge < -0.3 is 19.4 Å². The molecule has 32 heavy (non-hydrogen) atoms. The van der Waals surface area contributed by atoms with Crippen molar-refractivity contribution in [2.75, 3.05) is 24.3 Å². The van der Waals surface area contributed by atoms with Gasteiger partial charge >= 0.3 is 6.18 Å².